The molecule has 4 heteroatoms. The minimum atomic E-state index is -0.804. The highest BCUT2D eigenvalue weighted by molar-refractivity contribution is 9.10. The van der Waals surface area contributed by atoms with E-state index in [0.717, 1.165) is 10.0 Å². The van der Waals surface area contributed by atoms with Crippen molar-refractivity contribution in [3.05, 3.63) is 33.3 Å². The second-order valence-corrected chi connectivity index (χ2v) is 4.90. The van der Waals surface area contributed by atoms with Gasteiger partial charge in [0.25, 0.3) is 0 Å². The molecule has 0 aliphatic rings. The number of carbonyl (C=O) groups is 1. The number of carboxylic acids is 1. The van der Waals surface area contributed by atoms with E-state index in [4.69, 9.17) is 16.7 Å². The van der Waals surface area contributed by atoms with Crippen LogP contribution in [0.3, 0.4) is 0 Å². The zero-order chi connectivity index (χ0) is 11.6. The Bertz CT molecular complexity index is 379. The van der Waals surface area contributed by atoms with Crippen molar-refractivity contribution < 1.29 is 9.90 Å². The van der Waals surface area contributed by atoms with E-state index < -0.39 is 11.9 Å². The SMILES string of the molecule is CC(C(=O)O)C(C)c1ccc(Br)cc1Cl. The molecule has 1 aromatic rings. The summed E-state index contributed by atoms with van der Waals surface area (Å²) in [7, 11) is 0. The van der Waals surface area contributed by atoms with Gasteiger partial charge >= 0.3 is 5.97 Å². The first-order valence-electron chi connectivity index (χ1n) is 4.61. The second-order valence-electron chi connectivity index (χ2n) is 3.58. The van der Waals surface area contributed by atoms with E-state index in [9.17, 15) is 4.79 Å². The van der Waals surface area contributed by atoms with Crippen LogP contribution >= 0.6 is 27.5 Å². The number of benzene rings is 1. The fourth-order valence-corrected chi connectivity index (χ4v) is 2.20. The molecule has 2 unspecified atom stereocenters. The summed E-state index contributed by atoms with van der Waals surface area (Å²) < 4.78 is 0.895. The van der Waals surface area contributed by atoms with Gasteiger partial charge in [-0.15, -0.1) is 0 Å². The standard InChI is InChI=1S/C11H12BrClO2/c1-6(7(2)11(14)15)9-4-3-8(12)5-10(9)13/h3-7H,1-2H3,(H,14,15). The molecule has 0 heterocycles. The molecule has 1 rings (SSSR count). The summed E-state index contributed by atoms with van der Waals surface area (Å²) in [5.41, 5.74) is 0.870. The molecule has 0 aromatic heterocycles. The highest BCUT2D eigenvalue weighted by Crippen LogP contribution is 2.31. The van der Waals surface area contributed by atoms with Crippen LogP contribution in [0.4, 0.5) is 0 Å². The monoisotopic (exact) mass is 290 g/mol. The van der Waals surface area contributed by atoms with Crippen molar-refractivity contribution in [1.82, 2.24) is 0 Å². The molecule has 0 radical (unpaired) electrons. The van der Waals surface area contributed by atoms with Gasteiger partial charge in [0.2, 0.25) is 0 Å². The molecule has 0 aliphatic heterocycles. The van der Waals surface area contributed by atoms with E-state index in [-0.39, 0.29) is 5.92 Å². The third kappa shape index (κ3) is 2.95. The molecule has 15 heavy (non-hydrogen) atoms. The molecular weight excluding hydrogens is 279 g/mol. The van der Waals surface area contributed by atoms with E-state index >= 15 is 0 Å². The average Bonchev–Trinajstić information content (AvgIpc) is 2.15. The van der Waals surface area contributed by atoms with E-state index in [0.29, 0.717) is 5.02 Å². The number of halogens is 2. The van der Waals surface area contributed by atoms with Crippen molar-refractivity contribution in [3.63, 3.8) is 0 Å². The molecule has 0 saturated heterocycles. The van der Waals surface area contributed by atoms with Crippen LogP contribution in [0, 0.1) is 5.92 Å². The Morgan fingerprint density at radius 3 is 2.53 bits per heavy atom. The first kappa shape index (κ1) is 12.5. The van der Waals surface area contributed by atoms with Crippen LogP contribution in [0.5, 0.6) is 0 Å². The molecule has 1 N–H and O–H groups in total. The minimum Gasteiger partial charge on any atom is -0.481 e. The van der Waals surface area contributed by atoms with Crippen LogP contribution < -0.4 is 0 Å². The van der Waals surface area contributed by atoms with Crippen molar-refractivity contribution >= 4 is 33.5 Å². The van der Waals surface area contributed by atoms with Crippen LogP contribution in [-0.4, -0.2) is 11.1 Å². The maximum absolute atomic E-state index is 10.8. The molecule has 0 amide bonds. The number of carboxylic acid groups (broad SMARTS) is 1. The molecule has 0 saturated carbocycles. The molecule has 2 atom stereocenters. The summed E-state index contributed by atoms with van der Waals surface area (Å²) in [6.07, 6.45) is 0. The molecular formula is C11H12BrClO2. The number of rotatable bonds is 3. The first-order chi connectivity index (χ1) is 6.93. The lowest BCUT2D eigenvalue weighted by Gasteiger charge is -2.17. The number of hydrogen-bond donors (Lipinski definition) is 1. The van der Waals surface area contributed by atoms with Gasteiger partial charge in [0.05, 0.1) is 5.92 Å². The van der Waals surface area contributed by atoms with E-state index in [1.165, 1.54) is 0 Å². The van der Waals surface area contributed by atoms with Crippen LogP contribution in [0.25, 0.3) is 0 Å². The fraction of sp³-hybridized carbons (Fsp3) is 0.364. The number of hydrogen-bond acceptors (Lipinski definition) is 1. The highest BCUT2D eigenvalue weighted by atomic mass is 79.9. The normalized spacial score (nSPS) is 14.7. The van der Waals surface area contributed by atoms with Gasteiger partial charge < -0.3 is 5.11 Å². The maximum atomic E-state index is 10.8. The fourth-order valence-electron chi connectivity index (χ4n) is 1.35. The van der Waals surface area contributed by atoms with Crippen LogP contribution in [-0.2, 0) is 4.79 Å². The summed E-state index contributed by atoms with van der Waals surface area (Å²) in [4.78, 5) is 10.8. The van der Waals surface area contributed by atoms with Gasteiger partial charge in [0.15, 0.2) is 0 Å². The van der Waals surface area contributed by atoms with E-state index in [1.54, 1.807) is 13.0 Å². The molecule has 0 bridgehead atoms. The Balaban J connectivity index is 3.01. The lowest BCUT2D eigenvalue weighted by Crippen LogP contribution is -2.16. The molecule has 0 fully saturated rings. The van der Waals surface area contributed by atoms with Crippen molar-refractivity contribution in [2.24, 2.45) is 5.92 Å². The van der Waals surface area contributed by atoms with Gasteiger partial charge in [0, 0.05) is 9.50 Å². The topological polar surface area (TPSA) is 37.3 Å². The predicted octanol–water partition coefficient (Wildman–Crippen LogP) is 3.93. The van der Waals surface area contributed by atoms with Gasteiger partial charge in [-0.05, 0) is 23.6 Å². The zero-order valence-corrected chi connectivity index (χ0v) is 10.8. The molecule has 82 valence electrons. The molecule has 0 aliphatic carbocycles. The summed E-state index contributed by atoms with van der Waals surface area (Å²) in [6, 6.07) is 5.50. The highest BCUT2D eigenvalue weighted by Gasteiger charge is 2.22. The van der Waals surface area contributed by atoms with Gasteiger partial charge in [-0.1, -0.05) is 47.4 Å². The second kappa shape index (κ2) is 4.99. The smallest absolute Gasteiger partial charge is 0.306 e. The zero-order valence-electron chi connectivity index (χ0n) is 8.50. The van der Waals surface area contributed by atoms with E-state index in [1.807, 2.05) is 19.1 Å². The van der Waals surface area contributed by atoms with Gasteiger partial charge in [-0.25, -0.2) is 0 Å². The lowest BCUT2D eigenvalue weighted by molar-refractivity contribution is -0.141. The summed E-state index contributed by atoms with van der Waals surface area (Å²) >= 11 is 9.36. The van der Waals surface area contributed by atoms with Crippen molar-refractivity contribution in [2.75, 3.05) is 0 Å². The predicted molar refractivity (Wildman–Crippen MR) is 64.4 cm³/mol. The van der Waals surface area contributed by atoms with Gasteiger partial charge in [-0.3, -0.25) is 4.79 Å². The Morgan fingerprint density at radius 2 is 2.07 bits per heavy atom. The van der Waals surface area contributed by atoms with Crippen LogP contribution in [0.2, 0.25) is 5.02 Å². The maximum Gasteiger partial charge on any atom is 0.306 e. The van der Waals surface area contributed by atoms with Crippen molar-refractivity contribution in [2.45, 2.75) is 19.8 Å². The molecule has 0 spiro atoms. The number of aliphatic carboxylic acids is 1. The minimum absolute atomic E-state index is 0.0944. The third-order valence-corrected chi connectivity index (χ3v) is 3.41. The summed E-state index contributed by atoms with van der Waals surface area (Å²) in [5, 5.41) is 9.51. The Hall–Kier alpha value is -0.540. The van der Waals surface area contributed by atoms with Gasteiger partial charge in [-0.2, -0.15) is 0 Å². The largest absolute Gasteiger partial charge is 0.481 e. The Kier molecular flexibility index (Phi) is 4.17. The quantitative estimate of drug-likeness (QED) is 0.916. The van der Waals surface area contributed by atoms with Crippen LogP contribution in [0.1, 0.15) is 25.3 Å². The van der Waals surface area contributed by atoms with E-state index in [2.05, 4.69) is 15.9 Å². The first-order valence-corrected chi connectivity index (χ1v) is 5.78. The van der Waals surface area contributed by atoms with Gasteiger partial charge in [0.1, 0.15) is 0 Å². The molecule has 1 aromatic carbocycles. The lowest BCUT2D eigenvalue weighted by atomic mass is 9.89. The summed E-state index contributed by atoms with van der Waals surface area (Å²) in [6.45, 7) is 3.55. The average molecular weight is 292 g/mol. The Labute approximate surface area is 102 Å². The Morgan fingerprint density at radius 1 is 1.47 bits per heavy atom. The van der Waals surface area contributed by atoms with Crippen molar-refractivity contribution in [1.29, 1.82) is 0 Å². The summed E-state index contributed by atoms with van der Waals surface area (Å²) in [5.74, 6) is -1.34. The van der Waals surface area contributed by atoms with Crippen LogP contribution in [0.15, 0.2) is 22.7 Å². The van der Waals surface area contributed by atoms with Crippen molar-refractivity contribution in [3.8, 4) is 0 Å². The third-order valence-electron chi connectivity index (χ3n) is 2.59. The molecule has 2 nitrogen and oxygen atoms in total.